The predicted molar refractivity (Wildman–Crippen MR) is 116 cm³/mol. The van der Waals surface area contributed by atoms with Gasteiger partial charge < -0.3 is 18.9 Å². The maximum atomic E-state index is 5.55. The summed E-state index contributed by atoms with van der Waals surface area (Å²) in [5.41, 5.74) is 1.80. The highest BCUT2D eigenvalue weighted by Gasteiger charge is 2.21. The van der Waals surface area contributed by atoms with Crippen LogP contribution < -0.4 is 9.64 Å². The van der Waals surface area contributed by atoms with Gasteiger partial charge in [0.05, 0.1) is 26.1 Å². The van der Waals surface area contributed by atoms with Crippen molar-refractivity contribution >= 4 is 17.7 Å². The van der Waals surface area contributed by atoms with Gasteiger partial charge in [0, 0.05) is 31.3 Å². The molecule has 1 aliphatic heterocycles. The van der Waals surface area contributed by atoms with E-state index in [0.29, 0.717) is 11.7 Å². The Hall–Kier alpha value is -2.52. The molecule has 0 saturated carbocycles. The van der Waals surface area contributed by atoms with Gasteiger partial charge in [-0.25, -0.2) is 0 Å². The second-order valence-electron chi connectivity index (χ2n) is 7.58. The third-order valence-corrected chi connectivity index (χ3v) is 5.82. The normalized spacial score (nSPS) is 14.5. The van der Waals surface area contributed by atoms with Gasteiger partial charge in [-0.15, -0.1) is 10.2 Å². The Morgan fingerprint density at radius 1 is 1.13 bits per heavy atom. The molecule has 160 valence electrons. The zero-order valence-corrected chi connectivity index (χ0v) is 18.4. The molecule has 0 radical (unpaired) electrons. The van der Waals surface area contributed by atoms with E-state index in [9.17, 15) is 0 Å². The zero-order valence-electron chi connectivity index (χ0n) is 17.6. The van der Waals surface area contributed by atoms with E-state index in [1.54, 1.807) is 18.9 Å². The minimum atomic E-state index is 0.493. The van der Waals surface area contributed by atoms with Gasteiger partial charge in [-0.3, -0.25) is 4.57 Å². The van der Waals surface area contributed by atoms with Crippen LogP contribution in [0.2, 0.25) is 0 Å². The molecule has 0 N–H and O–H groups in total. The van der Waals surface area contributed by atoms with E-state index in [0.717, 1.165) is 66.7 Å². The molecule has 8 nitrogen and oxygen atoms in total. The minimum absolute atomic E-state index is 0.493. The highest BCUT2D eigenvalue weighted by atomic mass is 32.2. The highest BCUT2D eigenvalue weighted by molar-refractivity contribution is 7.98. The Labute approximate surface area is 180 Å². The van der Waals surface area contributed by atoms with Gasteiger partial charge in [-0.05, 0) is 30.2 Å². The number of anilines is 1. The lowest BCUT2D eigenvalue weighted by Crippen LogP contribution is -2.38. The van der Waals surface area contributed by atoms with Crippen molar-refractivity contribution in [2.24, 2.45) is 5.92 Å². The van der Waals surface area contributed by atoms with Crippen molar-refractivity contribution < 1.29 is 14.0 Å². The number of morpholine rings is 1. The molecule has 1 aliphatic rings. The van der Waals surface area contributed by atoms with Crippen LogP contribution in [0.3, 0.4) is 0 Å². The SMILES string of the molecule is COc1ccc(-c2cc(CSc3nnc(N4CCOCC4)n3CC(C)C)on2)cc1. The first kappa shape index (κ1) is 20.7. The number of hydrogen-bond donors (Lipinski definition) is 0. The number of hydrogen-bond acceptors (Lipinski definition) is 8. The molecular weight excluding hydrogens is 402 g/mol. The lowest BCUT2D eigenvalue weighted by atomic mass is 10.1. The molecule has 0 aliphatic carbocycles. The van der Waals surface area contributed by atoms with Gasteiger partial charge in [0.15, 0.2) is 5.16 Å². The summed E-state index contributed by atoms with van der Waals surface area (Å²) >= 11 is 1.62. The summed E-state index contributed by atoms with van der Waals surface area (Å²) in [4.78, 5) is 2.25. The van der Waals surface area contributed by atoms with E-state index in [1.807, 2.05) is 30.3 Å². The van der Waals surface area contributed by atoms with Gasteiger partial charge >= 0.3 is 0 Å². The van der Waals surface area contributed by atoms with E-state index < -0.39 is 0 Å². The average Bonchev–Trinajstić information content (AvgIpc) is 3.40. The van der Waals surface area contributed by atoms with Crippen LogP contribution in [0.1, 0.15) is 19.6 Å². The lowest BCUT2D eigenvalue weighted by Gasteiger charge is -2.28. The number of ether oxygens (including phenoxy) is 2. The van der Waals surface area contributed by atoms with Crippen LogP contribution in [-0.4, -0.2) is 53.3 Å². The maximum absolute atomic E-state index is 5.55. The first-order valence-electron chi connectivity index (χ1n) is 10.1. The molecule has 0 bridgehead atoms. The molecule has 3 heterocycles. The summed E-state index contributed by atoms with van der Waals surface area (Å²) in [6.07, 6.45) is 0. The number of thioether (sulfide) groups is 1. The van der Waals surface area contributed by atoms with Crippen LogP contribution in [0.25, 0.3) is 11.3 Å². The zero-order chi connectivity index (χ0) is 20.9. The summed E-state index contributed by atoms with van der Waals surface area (Å²) in [5.74, 6) is 3.68. The Bertz CT molecular complexity index is 948. The van der Waals surface area contributed by atoms with E-state index in [2.05, 4.69) is 38.7 Å². The first-order chi connectivity index (χ1) is 14.6. The highest BCUT2D eigenvalue weighted by Crippen LogP contribution is 2.29. The van der Waals surface area contributed by atoms with Crippen molar-refractivity contribution in [1.29, 1.82) is 0 Å². The fourth-order valence-corrected chi connectivity index (χ4v) is 4.14. The average molecular weight is 430 g/mol. The molecule has 9 heteroatoms. The third kappa shape index (κ3) is 4.79. The van der Waals surface area contributed by atoms with Crippen molar-refractivity contribution in [2.75, 3.05) is 38.3 Å². The van der Waals surface area contributed by atoms with Crippen LogP contribution in [0.5, 0.6) is 5.75 Å². The maximum Gasteiger partial charge on any atom is 0.228 e. The molecular formula is C21H27N5O3S. The fraction of sp³-hybridized carbons (Fsp3) is 0.476. The number of rotatable bonds is 8. The Kier molecular flexibility index (Phi) is 6.59. The van der Waals surface area contributed by atoms with Crippen molar-refractivity contribution in [1.82, 2.24) is 19.9 Å². The van der Waals surface area contributed by atoms with Crippen molar-refractivity contribution in [3.05, 3.63) is 36.1 Å². The van der Waals surface area contributed by atoms with Gasteiger partial charge in [0.1, 0.15) is 17.2 Å². The van der Waals surface area contributed by atoms with Crippen LogP contribution >= 0.6 is 11.8 Å². The number of aromatic nitrogens is 4. The van der Waals surface area contributed by atoms with E-state index in [-0.39, 0.29) is 0 Å². The molecule has 0 amide bonds. The lowest BCUT2D eigenvalue weighted by molar-refractivity contribution is 0.121. The molecule has 1 aromatic carbocycles. The van der Waals surface area contributed by atoms with Gasteiger partial charge in [0.25, 0.3) is 0 Å². The summed E-state index contributed by atoms with van der Waals surface area (Å²) in [6, 6.07) is 9.75. The van der Waals surface area contributed by atoms with E-state index in [4.69, 9.17) is 14.0 Å². The van der Waals surface area contributed by atoms with Gasteiger partial charge in [-0.1, -0.05) is 30.8 Å². The molecule has 0 unspecified atom stereocenters. The van der Waals surface area contributed by atoms with Crippen molar-refractivity contribution in [2.45, 2.75) is 31.3 Å². The summed E-state index contributed by atoms with van der Waals surface area (Å²) in [5, 5.41) is 14.0. The number of nitrogens with zero attached hydrogens (tertiary/aromatic N) is 5. The van der Waals surface area contributed by atoms with Gasteiger partial charge in [0.2, 0.25) is 5.95 Å². The standard InChI is InChI=1S/C21H27N5O3S/c1-15(2)13-26-20(25-8-10-28-11-9-25)22-23-21(26)30-14-18-12-19(24-29-18)16-4-6-17(27-3)7-5-16/h4-7,12,15H,8-11,13-14H2,1-3H3. The first-order valence-corrected chi connectivity index (χ1v) is 11.1. The quantitative estimate of drug-likeness (QED) is 0.501. The van der Waals surface area contributed by atoms with E-state index >= 15 is 0 Å². The fourth-order valence-electron chi connectivity index (χ4n) is 3.32. The molecule has 1 saturated heterocycles. The number of methoxy groups -OCH3 is 1. The number of benzene rings is 1. The summed E-state index contributed by atoms with van der Waals surface area (Å²) < 4.78 is 18.4. The predicted octanol–water partition coefficient (Wildman–Crippen LogP) is 3.73. The third-order valence-electron chi connectivity index (χ3n) is 4.83. The van der Waals surface area contributed by atoms with Crippen molar-refractivity contribution in [3.8, 4) is 17.0 Å². The van der Waals surface area contributed by atoms with Crippen LogP contribution in [0, 0.1) is 5.92 Å². The molecule has 30 heavy (non-hydrogen) atoms. The Balaban J connectivity index is 1.46. The van der Waals surface area contributed by atoms with Crippen LogP contribution in [-0.2, 0) is 17.0 Å². The molecule has 0 atom stereocenters. The Morgan fingerprint density at radius 2 is 1.90 bits per heavy atom. The molecule has 1 fully saturated rings. The van der Waals surface area contributed by atoms with E-state index in [1.165, 1.54) is 0 Å². The Morgan fingerprint density at radius 3 is 2.60 bits per heavy atom. The second-order valence-corrected chi connectivity index (χ2v) is 8.52. The van der Waals surface area contributed by atoms with Crippen molar-refractivity contribution in [3.63, 3.8) is 0 Å². The smallest absolute Gasteiger partial charge is 0.228 e. The molecule has 2 aromatic heterocycles. The second kappa shape index (κ2) is 9.53. The molecule has 4 rings (SSSR count). The topological polar surface area (TPSA) is 78.4 Å². The molecule has 3 aromatic rings. The largest absolute Gasteiger partial charge is 0.497 e. The van der Waals surface area contributed by atoms with Gasteiger partial charge in [-0.2, -0.15) is 0 Å². The minimum Gasteiger partial charge on any atom is -0.497 e. The summed E-state index contributed by atoms with van der Waals surface area (Å²) in [6.45, 7) is 8.41. The monoisotopic (exact) mass is 429 g/mol. The van der Waals surface area contributed by atoms with Crippen LogP contribution in [0.15, 0.2) is 40.0 Å². The summed E-state index contributed by atoms with van der Waals surface area (Å²) in [7, 11) is 1.66. The molecule has 0 spiro atoms. The van der Waals surface area contributed by atoms with Crippen LogP contribution in [0.4, 0.5) is 5.95 Å².